The summed E-state index contributed by atoms with van der Waals surface area (Å²) in [4.78, 5) is 0. The van der Waals surface area contributed by atoms with Crippen molar-refractivity contribution in [2.24, 2.45) is 16.1 Å². The Hall–Kier alpha value is -0.920. The molecule has 11 heavy (non-hydrogen) atoms. The van der Waals surface area contributed by atoms with E-state index in [-0.39, 0.29) is 0 Å². The SMILES string of the molecule is C=N/N=C(C)\C=C(/C)C(C)C. The van der Waals surface area contributed by atoms with Gasteiger partial charge in [-0.25, -0.2) is 0 Å². The average molecular weight is 152 g/mol. The highest BCUT2D eigenvalue weighted by atomic mass is 15.2. The summed E-state index contributed by atoms with van der Waals surface area (Å²) in [5.41, 5.74) is 2.22. The maximum absolute atomic E-state index is 3.80. The zero-order valence-electron chi connectivity index (χ0n) is 7.76. The molecule has 0 aromatic heterocycles. The van der Waals surface area contributed by atoms with E-state index < -0.39 is 0 Å². The Morgan fingerprint density at radius 3 is 2.27 bits per heavy atom. The first-order valence-corrected chi connectivity index (χ1v) is 3.76. The molecule has 0 aliphatic carbocycles. The molecule has 0 spiro atoms. The van der Waals surface area contributed by atoms with Gasteiger partial charge in [-0.2, -0.15) is 10.2 Å². The summed E-state index contributed by atoms with van der Waals surface area (Å²) in [5.74, 6) is 0.574. The van der Waals surface area contributed by atoms with Gasteiger partial charge in [0.05, 0.1) is 5.71 Å². The van der Waals surface area contributed by atoms with Crippen molar-refractivity contribution in [1.82, 2.24) is 0 Å². The first kappa shape index (κ1) is 10.1. The molecule has 0 heterocycles. The summed E-state index contributed by atoms with van der Waals surface area (Å²) < 4.78 is 0. The van der Waals surface area contributed by atoms with Crippen molar-refractivity contribution in [3.63, 3.8) is 0 Å². The van der Waals surface area contributed by atoms with Gasteiger partial charge in [-0.3, -0.25) is 0 Å². The smallest absolute Gasteiger partial charge is 0.0598 e. The molecular weight excluding hydrogens is 136 g/mol. The van der Waals surface area contributed by atoms with Crippen molar-refractivity contribution in [2.45, 2.75) is 27.7 Å². The van der Waals surface area contributed by atoms with Crippen LogP contribution in [0, 0.1) is 5.92 Å². The van der Waals surface area contributed by atoms with E-state index in [0.29, 0.717) is 5.92 Å². The molecule has 0 aliphatic heterocycles. The second-order valence-electron chi connectivity index (χ2n) is 2.93. The van der Waals surface area contributed by atoms with E-state index in [2.05, 4.69) is 37.7 Å². The van der Waals surface area contributed by atoms with Crippen LogP contribution in [0.5, 0.6) is 0 Å². The third kappa shape index (κ3) is 4.48. The van der Waals surface area contributed by atoms with Gasteiger partial charge in [0.25, 0.3) is 0 Å². The average Bonchev–Trinajstić information content (AvgIpc) is 1.87. The molecule has 0 unspecified atom stereocenters. The van der Waals surface area contributed by atoms with Crippen molar-refractivity contribution in [1.29, 1.82) is 0 Å². The third-order valence-corrected chi connectivity index (χ3v) is 1.58. The van der Waals surface area contributed by atoms with Crippen molar-refractivity contribution in [3.8, 4) is 0 Å². The van der Waals surface area contributed by atoms with Crippen molar-refractivity contribution < 1.29 is 0 Å². The monoisotopic (exact) mass is 152 g/mol. The summed E-state index contributed by atoms with van der Waals surface area (Å²) in [6.45, 7) is 11.6. The Morgan fingerprint density at radius 2 is 1.91 bits per heavy atom. The number of nitrogens with zero attached hydrogens (tertiary/aromatic N) is 2. The van der Waals surface area contributed by atoms with Gasteiger partial charge in [0.1, 0.15) is 0 Å². The van der Waals surface area contributed by atoms with Crippen LogP contribution in [0.4, 0.5) is 0 Å². The molecule has 0 N–H and O–H groups in total. The van der Waals surface area contributed by atoms with Crippen molar-refractivity contribution >= 4 is 12.4 Å². The lowest BCUT2D eigenvalue weighted by atomic mass is 10.0. The van der Waals surface area contributed by atoms with Gasteiger partial charge < -0.3 is 0 Å². The third-order valence-electron chi connectivity index (χ3n) is 1.58. The maximum Gasteiger partial charge on any atom is 0.0598 e. The van der Waals surface area contributed by atoms with E-state index in [1.807, 2.05) is 13.0 Å². The van der Waals surface area contributed by atoms with Crippen LogP contribution in [-0.2, 0) is 0 Å². The molecule has 0 aliphatic rings. The fraction of sp³-hybridized carbons (Fsp3) is 0.556. The largest absolute Gasteiger partial charge is 0.167 e. The second kappa shape index (κ2) is 4.83. The van der Waals surface area contributed by atoms with Crippen LogP contribution in [-0.4, -0.2) is 12.4 Å². The molecule has 0 saturated carbocycles. The zero-order valence-corrected chi connectivity index (χ0v) is 7.76. The van der Waals surface area contributed by atoms with Gasteiger partial charge in [-0.1, -0.05) is 19.4 Å². The summed E-state index contributed by atoms with van der Waals surface area (Å²) in [5, 5.41) is 7.24. The van der Waals surface area contributed by atoms with Gasteiger partial charge in [0, 0.05) is 6.72 Å². The van der Waals surface area contributed by atoms with Gasteiger partial charge in [-0.05, 0) is 25.8 Å². The Bertz CT molecular complexity index is 188. The lowest BCUT2D eigenvalue weighted by molar-refractivity contribution is 0.770. The van der Waals surface area contributed by atoms with Crippen LogP contribution in [0.15, 0.2) is 21.9 Å². The topological polar surface area (TPSA) is 24.7 Å². The predicted octanol–water partition coefficient (Wildman–Crippen LogP) is 2.67. The number of allylic oxidation sites excluding steroid dienone is 2. The lowest BCUT2D eigenvalue weighted by Crippen LogP contribution is -1.93. The fourth-order valence-corrected chi connectivity index (χ4v) is 0.637. The summed E-state index contributed by atoms with van der Waals surface area (Å²) >= 11 is 0. The van der Waals surface area contributed by atoms with Crippen LogP contribution in [0.3, 0.4) is 0 Å². The molecule has 0 rings (SSSR count). The molecule has 0 amide bonds. The summed E-state index contributed by atoms with van der Waals surface area (Å²) in [6.07, 6.45) is 2.03. The van der Waals surface area contributed by atoms with E-state index in [0.717, 1.165) is 5.71 Å². The second-order valence-corrected chi connectivity index (χ2v) is 2.93. The number of hydrogen-bond acceptors (Lipinski definition) is 2. The van der Waals surface area contributed by atoms with Gasteiger partial charge in [-0.15, -0.1) is 0 Å². The normalized spacial score (nSPS) is 13.9. The lowest BCUT2D eigenvalue weighted by Gasteiger charge is -2.03. The van der Waals surface area contributed by atoms with Gasteiger partial charge in [0.15, 0.2) is 0 Å². The van der Waals surface area contributed by atoms with Crippen LogP contribution in [0.1, 0.15) is 27.7 Å². The predicted molar refractivity (Wildman–Crippen MR) is 51.3 cm³/mol. The summed E-state index contributed by atoms with van der Waals surface area (Å²) in [7, 11) is 0. The first-order chi connectivity index (χ1) is 5.07. The molecule has 0 fully saturated rings. The van der Waals surface area contributed by atoms with E-state index in [1.165, 1.54) is 5.57 Å². The van der Waals surface area contributed by atoms with Crippen LogP contribution >= 0.6 is 0 Å². The molecule has 0 saturated heterocycles. The molecular formula is C9H16N2. The highest BCUT2D eigenvalue weighted by Crippen LogP contribution is 2.07. The fourth-order valence-electron chi connectivity index (χ4n) is 0.637. The standard InChI is InChI=1S/C9H16N2/c1-7(2)8(3)6-9(4)11-10-5/h6-7H,5H2,1-4H3/b8-6+,11-9-. The maximum atomic E-state index is 3.80. The van der Waals surface area contributed by atoms with E-state index >= 15 is 0 Å². The highest BCUT2D eigenvalue weighted by Gasteiger charge is 1.95. The molecule has 2 heteroatoms. The Kier molecular flexibility index (Phi) is 4.42. The molecule has 0 radical (unpaired) electrons. The van der Waals surface area contributed by atoms with E-state index in [1.54, 1.807) is 0 Å². The molecule has 0 bridgehead atoms. The quantitative estimate of drug-likeness (QED) is 0.439. The van der Waals surface area contributed by atoms with Crippen LogP contribution < -0.4 is 0 Å². The molecule has 62 valence electrons. The Morgan fingerprint density at radius 1 is 1.36 bits per heavy atom. The summed E-state index contributed by atoms with van der Waals surface area (Å²) in [6, 6.07) is 0. The Balaban J connectivity index is 4.30. The van der Waals surface area contributed by atoms with Crippen LogP contribution in [0.2, 0.25) is 0 Å². The number of hydrogen-bond donors (Lipinski definition) is 0. The van der Waals surface area contributed by atoms with Crippen LogP contribution in [0.25, 0.3) is 0 Å². The minimum absolute atomic E-state index is 0.574. The molecule has 0 aromatic carbocycles. The van der Waals surface area contributed by atoms with Crippen molar-refractivity contribution in [3.05, 3.63) is 11.6 Å². The van der Waals surface area contributed by atoms with E-state index in [4.69, 9.17) is 0 Å². The zero-order chi connectivity index (χ0) is 8.85. The molecule has 2 nitrogen and oxygen atoms in total. The number of rotatable bonds is 3. The minimum Gasteiger partial charge on any atom is -0.167 e. The first-order valence-electron chi connectivity index (χ1n) is 3.76. The molecule has 0 aromatic rings. The van der Waals surface area contributed by atoms with E-state index in [9.17, 15) is 0 Å². The molecule has 0 atom stereocenters. The van der Waals surface area contributed by atoms with Gasteiger partial charge >= 0.3 is 0 Å². The Labute approximate surface area is 68.7 Å². The minimum atomic E-state index is 0.574. The van der Waals surface area contributed by atoms with Gasteiger partial charge in [0.2, 0.25) is 0 Å². The van der Waals surface area contributed by atoms with Crippen molar-refractivity contribution in [2.75, 3.05) is 0 Å². The highest BCUT2D eigenvalue weighted by molar-refractivity contribution is 5.93.